The zero-order valence-electron chi connectivity index (χ0n) is 20.8. The van der Waals surface area contributed by atoms with Crippen LogP contribution in [0.4, 0.5) is 0 Å². The molecule has 0 aromatic rings. The molecule has 5 aliphatic rings. The Labute approximate surface area is 195 Å². The molecule has 0 radical (unpaired) electrons. The number of ether oxygens (including phenoxy) is 4. The van der Waals surface area contributed by atoms with Crippen molar-refractivity contribution in [1.29, 1.82) is 0 Å². The lowest BCUT2D eigenvalue weighted by Crippen LogP contribution is -2.47. The third-order valence-electron chi connectivity index (χ3n) is 8.52. The third kappa shape index (κ3) is 6.89. The van der Waals surface area contributed by atoms with Gasteiger partial charge in [-0.2, -0.15) is 0 Å². The highest BCUT2D eigenvalue weighted by Crippen LogP contribution is 2.45. The summed E-state index contributed by atoms with van der Waals surface area (Å²) in [5, 5.41) is 0. The minimum atomic E-state index is 0.460. The predicted octanol–water partition coefficient (Wildman–Crippen LogP) is 2.76. The average Bonchev–Trinajstić information content (AvgIpc) is 3.57. The summed E-state index contributed by atoms with van der Waals surface area (Å²) in [6.07, 6.45) is 4.57. The normalized spacial score (nSPS) is 40.5. The maximum atomic E-state index is 5.60. The van der Waals surface area contributed by atoms with Crippen molar-refractivity contribution in [3.8, 4) is 0 Å². The first-order chi connectivity index (χ1) is 15.4. The van der Waals surface area contributed by atoms with Crippen LogP contribution in [0.3, 0.4) is 0 Å². The number of epoxide rings is 4. The van der Waals surface area contributed by atoms with Crippen LogP contribution >= 0.6 is 0 Å². The fraction of sp³-hybridized carbons (Fsp3) is 1.00. The van der Waals surface area contributed by atoms with Crippen LogP contribution in [0.2, 0.25) is 0 Å². The lowest BCUT2D eigenvalue weighted by atomic mass is 9.62. The predicted molar refractivity (Wildman–Crippen MR) is 125 cm³/mol. The van der Waals surface area contributed by atoms with E-state index in [2.05, 4.69) is 37.5 Å². The molecule has 4 aliphatic heterocycles. The summed E-state index contributed by atoms with van der Waals surface area (Å²) in [7, 11) is 0. The molecule has 8 unspecified atom stereocenters. The van der Waals surface area contributed by atoms with E-state index >= 15 is 0 Å². The Kier molecular flexibility index (Phi) is 7.47. The van der Waals surface area contributed by atoms with Crippen molar-refractivity contribution in [3.63, 3.8) is 0 Å². The highest BCUT2D eigenvalue weighted by Gasteiger charge is 2.42. The van der Waals surface area contributed by atoms with E-state index in [0.29, 0.717) is 24.4 Å². The van der Waals surface area contributed by atoms with Crippen LogP contribution in [-0.4, -0.2) is 99.9 Å². The monoisotopic (exact) mass is 450 g/mol. The van der Waals surface area contributed by atoms with Crippen LogP contribution < -0.4 is 0 Å². The van der Waals surface area contributed by atoms with Gasteiger partial charge in [-0.25, -0.2) is 0 Å². The Morgan fingerprint density at radius 1 is 0.531 bits per heavy atom. The van der Waals surface area contributed by atoms with Crippen molar-refractivity contribution in [2.45, 2.75) is 65.0 Å². The van der Waals surface area contributed by atoms with E-state index in [0.717, 1.165) is 88.1 Å². The fourth-order valence-corrected chi connectivity index (χ4v) is 6.45. The van der Waals surface area contributed by atoms with Gasteiger partial charge in [-0.3, -0.25) is 9.80 Å². The van der Waals surface area contributed by atoms with Crippen LogP contribution in [-0.2, 0) is 18.9 Å². The summed E-state index contributed by atoms with van der Waals surface area (Å²) in [6.45, 7) is 20.4. The molecule has 0 N–H and O–H groups in total. The van der Waals surface area contributed by atoms with Gasteiger partial charge in [0.15, 0.2) is 0 Å². The first-order valence-electron chi connectivity index (χ1n) is 13.4. The van der Waals surface area contributed by atoms with Gasteiger partial charge in [0, 0.05) is 39.3 Å². The topological polar surface area (TPSA) is 56.6 Å². The molecule has 4 heterocycles. The van der Waals surface area contributed by atoms with Crippen LogP contribution in [0.25, 0.3) is 0 Å². The molecule has 184 valence electrons. The van der Waals surface area contributed by atoms with Crippen molar-refractivity contribution in [1.82, 2.24) is 9.80 Å². The zero-order valence-corrected chi connectivity index (χ0v) is 20.8. The van der Waals surface area contributed by atoms with Gasteiger partial charge in [-0.1, -0.05) is 27.7 Å². The average molecular weight is 451 g/mol. The third-order valence-corrected chi connectivity index (χ3v) is 8.52. The van der Waals surface area contributed by atoms with Crippen LogP contribution in [0.1, 0.15) is 40.5 Å². The first-order valence-corrected chi connectivity index (χ1v) is 13.4. The van der Waals surface area contributed by atoms with E-state index in [4.69, 9.17) is 18.9 Å². The molecule has 5 rings (SSSR count). The Bertz CT molecular complexity index is 523. The standard InChI is InChI=1S/C26H46N2O4/c1-17(2)25-6-26(18(3)4)20(8-28(11-23-15-31-23)12-24-16-32-24)5-19(25)7-27(9-21-13-29-21)10-22-14-30-22/h17-26H,5-16H2,1-4H3. The number of rotatable bonds is 14. The highest BCUT2D eigenvalue weighted by atomic mass is 16.6. The molecule has 32 heavy (non-hydrogen) atoms. The van der Waals surface area contributed by atoms with Gasteiger partial charge in [-0.15, -0.1) is 0 Å². The maximum Gasteiger partial charge on any atom is 0.0936 e. The van der Waals surface area contributed by atoms with Crippen LogP contribution in [0, 0.1) is 35.5 Å². The van der Waals surface area contributed by atoms with E-state index in [9.17, 15) is 0 Å². The van der Waals surface area contributed by atoms with Gasteiger partial charge >= 0.3 is 0 Å². The smallest absolute Gasteiger partial charge is 0.0936 e. The summed E-state index contributed by atoms with van der Waals surface area (Å²) in [4.78, 5) is 5.35. The van der Waals surface area contributed by atoms with E-state index in [1.165, 1.54) is 25.9 Å². The molecule has 0 amide bonds. The van der Waals surface area contributed by atoms with Gasteiger partial charge in [0.1, 0.15) is 0 Å². The molecule has 0 bridgehead atoms. The highest BCUT2D eigenvalue weighted by molar-refractivity contribution is 4.93. The molecule has 0 aromatic carbocycles. The SMILES string of the molecule is CC(C)C1CC(C(C)C)C(CN(CC2CO2)CC2CO2)CC1CN(CC1CO1)CC1CO1. The molecule has 0 aromatic heterocycles. The van der Waals surface area contributed by atoms with Crippen molar-refractivity contribution in [2.75, 3.05) is 65.7 Å². The van der Waals surface area contributed by atoms with Crippen molar-refractivity contribution in [3.05, 3.63) is 0 Å². The summed E-state index contributed by atoms with van der Waals surface area (Å²) in [5.74, 6) is 4.65. The molecule has 5 fully saturated rings. The number of hydrogen-bond acceptors (Lipinski definition) is 6. The minimum Gasteiger partial charge on any atom is -0.372 e. The lowest BCUT2D eigenvalue weighted by molar-refractivity contribution is 0.0156. The quantitative estimate of drug-likeness (QED) is 0.379. The molecule has 4 saturated heterocycles. The van der Waals surface area contributed by atoms with Crippen molar-refractivity contribution >= 4 is 0 Å². The van der Waals surface area contributed by atoms with Crippen molar-refractivity contribution < 1.29 is 18.9 Å². The molecule has 1 aliphatic carbocycles. The van der Waals surface area contributed by atoms with Gasteiger partial charge < -0.3 is 18.9 Å². The van der Waals surface area contributed by atoms with E-state index in [1.807, 2.05) is 0 Å². The Morgan fingerprint density at radius 2 is 0.844 bits per heavy atom. The summed E-state index contributed by atoms with van der Waals surface area (Å²) in [5.41, 5.74) is 0. The Morgan fingerprint density at radius 3 is 1.09 bits per heavy atom. The van der Waals surface area contributed by atoms with Crippen molar-refractivity contribution in [2.24, 2.45) is 35.5 Å². The summed E-state index contributed by atoms with van der Waals surface area (Å²) < 4.78 is 22.4. The second-order valence-electron chi connectivity index (χ2n) is 12.1. The largest absolute Gasteiger partial charge is 0.372 e. The Hall–Kier alpha value is -0.240. The van der Waals surface area contributed by atoms with E-state index in [-0.39, 0.29) is 0 Å². The molecule has 6 nitrogen and oxygen atoms in total. The fourth-order valence-electron chi connectivity index (χ4n) is 6.45. The van der Waals surface area contributed by atoms with E-state index < -0.39 is 0 Å². The molecule has 8 atom stereocenters. The van der Waals surface area contributed by atoms with Crippen LogP contribution in [0.5, 0.6) is 0 Å². The van der Waals surface area contributed by atoms with Gasteiger partial charge in [0.2, 0.25) is 0 Å². The zero-order chi connectivity index (χ0) is 22.2. The molecule has 1 saturated carbocycles. The minimum absolute atomic E-state index is 0.460. The van der Waals surface area contributed by atoms with Gasteiger partial charge in [0.05, 0.1) is 50.8 Å². The molecular formula is C26H46N2O4. The second-order valence-corrected chi connectivity index (χ2v) is 12.1. The van der Waals surface area contributed by atoms with Gasteiger partial charge in [-0.05, 0) is 48.3 Å². The first kappa shape index (κ1) is 23.5. The number of nitrogens with zero attached hydrogens (tertiary/aromatic N) is 2. The summed E-state index contributed by atoms with van der Waals surface area (Å²) >= 11 is 0. The Balaban J connectivity index is 1.26. The number of hydrogen-bond donors (Lipinski definition) is 0. The summed E-state index contributed by atoms with van der Waals surface area (Å²) in [6, 6.07) is 0. The lowest BCUT2D eigenvalue weighted by Gasteiger charge is -2.47. The molecular weight excluding hydrogens is 404 g/mol. The van der Waals surface area contributed by atoms with E-state index in [1.54, 1.807) is 0 Å². The van der Waals surface area contributed by atoms with Gasteiger partial charge in [0.25, 0.3) is 0 Å². The molecule has 0 spiro atoms. The maximum absolute atomic E-state index is 5.60. The second kappa shape index (κ2) is 10.2. The molecule has 6 heteroatoms. The van der Waals surface area contributed by atoms with Crippen LogP contribution in [0.15, 0.2) is 0 Å².